The summed E-state index contributed by atoms with van der Waals surface area (Å²) in [5.41, 5.74) is 0. The molecule has 0 N–H and O–H groups in total. The summed E-state index contributed by atoms with van der Waals surface area (Å²) in [7, 11) is 0. The summed E-state index contributed by atoms with van der Waals surface area (Å²) >= 11 is 0. The van der Waals surface area contributed by atoms with Gasteiger partial charge < -0.3 is 4.74 Å². The summed E-state index contributed by atoms with van der Waals surface area (Å²) < 4.78 is 6.18. The highest BCUT2D eigenvalue weighted by atomic mass is 16.5. The first-order chi connectivity index (χ1) is 11.8. The Hall–Kier alpha value is -0.0400. The van der Waals surface area contributed by atoms with E-state index < -0.39 is 0 Å². The van der Waals surface area contributed by atoms with Crippen molar-refractivity contribution in [3.63, 3.8) is 0 Å². The van der Waals surface area contributed by atoms with E-state index in [0.29, 0.717) is 6.10 Å². The lowest BCUT2D eigenvalue weighted by Crippen LogP contribution is -2.42. The van der Waals surface area contributed by atoms with E-state index in [-0.39, 0.29) is 0 Å². The Morgan fingerprint density at radius 1 is 0.708 bits per heavy atom. The smallest absolute Gasteiger partial charge is 0.0578 e. The van der Waals surface area contributed by atoms with E-state index in [2.05, 4.69) is 13.8 Å². The van der Waals surface area contributed by atoms with Gasteiger partial charge in [0.15, 0.2) is 0 Å². The molecule has 1 heteroatoms. The summed E-state index contributed by atoms with van der Waals surface area (Å²) in [5.74, 6) is 5.31. The van der Waals surface area contributed by atoms with E-state index in [9.17, 15) is 0 Å². The Morgan fingerprint density at radius 2 is 1.42 bits per heavy atom. The molecule has 0 aromatic heterocycles. The monoisotopic (exact) mass is 334 g/mol. The lowest BCUT2D eigenvalue weighted by molar-refractivity contribution is -0.0537. The maximum atomic E-state index is 6.18. The first-order valence-corrected chi connectivity index (χ1v) is 11.4. The van der Waals surface area contributed by atoms with Gasteiger partial charge in [0.2, 0.25) is 0 Å². The topological polar surface area (TPSA) is 9.23 Å². The molecule has 0 spiro atoms. The molecule has 3 saturated carbocycles. The van der Waals surface area contributed by atoms with Gasteiger partial charge in [0.25, 0.3) is 0 Å². The van der Waals surface area contributed by atoms with Crippen LogP contribution in [-0.4, -0.2) is 12.7 Å². The third-order valence-corrected chi connectivity index (χ3v) is 7.67. The number of hydrogen-bond acceptors (Lipinski definition) is 1. The van der Waals surface area contributed by atoms with Crippen LogP contribution in [0.4, 0.5) is 0 Å². The van der Waals surface area contributed by atoms with Gasteiger partial charge in [-0.3, -0.25) is 0 Å². The van der Waals surface area contributed by atoms with Crippen LogP contribution in [0.15, 0.2) is 0 Å². The van der Waals surface area contributed by atoms with Crippen LogP contribution in [0.1, 0.15) is 104 Å². The van der Waals surface area contributed by atoms with Crippen molar-refractivity contribution in [1.82, 2.24) is 0 Å². The van der Waals surface area contributed by atoms with Crippen LogP contribution < -0.4 is 0 Å². The van der Waals surface area contributed by atoms with Gasteiger partial charge in [-0.1, -0.05) is 52.4 Å². The van der Waals surface area contributed by atoms with Gasteiger partial charge in [-0.2, -0.15) is 0 Å². The van der Waals surface area contributed by atoms with Crippen molar-refractivity contribution in [1.29, 1.82) is 0 Å². The highest BCUT2D eigenvalue weighted by molar-refractivity contribution is 4.94. The standard InChI is InChI=1S/C23H42O/c1-3-5-7-8-18-9-13-22-19(16-18)10-11-20-17-21(12-14-23(20)22)24-15-6-4-2/h18-23H,3-17H2,1-2H3/t18-,19?,20?,21-,22?,23?/m1/s1. The second-order valence-electron chi connectivity index (χ2n) is 9.26. The average Bonchev–Trinajstić information content (AvgIpc) is 2.62. The Morgan fingerprint density at radius 3 is 2.17 bits per heavy atom. The van der Waals surface area contributed by atoms with Crippen molar-refractivity contribution in [3.8, 4) is 0 Å². The largest absolute Gasteiger partial charge is 0.378 e. The van der Waals surface area contributed by atoms with Crippen LogP contribution in [0.5, 0.6) is 0 Å². The zero-order chi connectivity index (χ0) is 16.8. The van der Waals surface area contributed by atoms with Gasteiger partial charge in [0, 0.05) is 6.61 Å². The molecule has 4 unspecified atom stereocenters. The van der Waals surface area contributed by atoms with Gasteiger partial charge in [0.05, 0.1) is 6.10 Å². The Balaban J connectivity index is 1.45. The van der Waals surface area contributed by atoms with Crippen molar-refractivity contribution in [2.75, 3.05) is 6.61 Å². The van der Waals surface area contributed by atoms with E-state index in [4.69, 9.17) is 4.74 Å². The normalized spacial score (nSPS) is 39.2. The molecule has 140 valence electrons. The molecular formula is C23H42O. The van der Waals surface area contributed by atoms with E-state index in [1.165, 1.54) is 70.6 Å². The van der Waals surface area contributed by atoms with Crippen molar-refractivity contribution in [3.05, 3.63) is 0 Å². The molecule has 24 heavy (non-hydrogen) atoms. The molecule has 0 aromatic rings. The van der Waals surface area contributed by atoms with Crippen molar-refractivity contribution in [2.24, 2.45) is 29.6 Å². The fraction of sp³-hybridized carbons (Fsp3) is 1.00. The Bertz CT molecular complexity index is 318. The third kappa shape index (κ3) is 4.77. The molecule has 3 aliphatic rings. The summed E-state index contributed by atoms with van der Waals surface area (Å²) in [6.07, 6.45) is 20.9. The molecule has 0 bridgehead atoms. The van der Waals surface area contributed by atoms with E-state index in [1.54, 1.807) is 19.3 Å². The lowest BCUT2D eigenvalue weighted by atomic mass is 9.56. The van der Waals surface area contributed by atoms with Crippen molar-refractivity contribution in [2.45, 2.75) is 110 Å². The highest BCUT2D eigenvalue weighted by Crippen LogP contribution is 2.53. The Kier molecular flexibility index (Phi) is 7.50. The molecule has 3 fully saturated rings. The predicted octanol–water partition coefficient (Wildman–Crippen LogP) is 6.99. The number of fused-ring (bicyclic) bond motifs is 3. The van der Waals surface area contributed by atoms with Crippen molar-refractivity contribution < 1.29 is 4.74 Å². The Labute approximate surface area is 151 Å². The second kappa shape index (κ2) is 9.60. The van der Waals surface area contributed by atoms with Gasteiger partial charge in [0.1, 0.15) is 0 Å². The van der Waals surface area contributed by atoms with Crippen molar-refractivity contribution >= 4 is 0 Å². The zero-order valence-corrected chi connectivity index (χ0v) is 16.5. The number of unbranched alkanes of at least 4 members (excludes halogenated alkanes) is 3. The lowest BCUT2D eigenvalue weighted by Gasteiger charge is -2.50. The maximum Gasteiger partial charge on any atom is 0.0578 e. The molecule has 0 saturated heterocycles. The zero-order valence-electron chi connectivity index (χ0n) is 16.5. The van der Waals surface area contributed by atoms with E-state index in [1.807, 2.05) is 0 Å². The molecule has 0 radical (unpaired) electrons. The number of hydrogen-bond donors (Lipinski definition) is 0. The van der Waals surface area contributed by atoms with Gasteiger partial charge in [-0.25, -0.2) is 0 Å². The second-order valence-corrected chi connectivity index (χ2v) is 9.26. The minimum atomic E-state index is 0.597. The van der Waals surface area contributed by atoms with E-state index >= 15 is 0 Å². The predicted molar refractivity (Wildman–Crippen MR) is 103 cm³/mol. The molecule has 0 aliphatic heterocycles. The first kappa shape index (κ1) is 18.7. The molecule has 0 heterocycles. The van der Waals surface area contributed by atoms with Crippen LogP contribution in [0.25, 0.3) is 0 Å². The van der Waals surface area contributed by atoms with Gasteiger partial charge in [-0.15, -0.1) is 0 Å². The molecular weight excluding hydrogens is 292 g/mol. The SMILES string of the molecule is CCCCC[C@@H]1CCC2C(CCC3C[C@H](OCCCC)CCC32)C1. The summed E-state index contributed by atoms with van der Waals surface area (Å²) in [5, 5.41) is 0. The average molecular weight is 335 g/mol. The fourth-order valence-corrected chi connectivity index (χ4v) is 6.34. The summed E-state index contributed by atoms with van der Waals surface area (Å²) in [4.78, 5) is 0. The maximum absolute atomic E-state index is 6.18. The van der Waals surface area contributed by atoms with Crippen LogP contribution in [-0.2, 0) is 4.74 Å². The van der Waals surface area contributed by atoms with E-state index in [0.717, 1.165) is 36.2 Å². The molecule has 6 atom stereocenters. The van der Waals surface area contributed by atoms with Crippen LogP contribution in [0.3, 0.4) is 0 Å². The van der Waals surface area contributed by atoms with Crippen LogP contribution in [0.2, 0.25) is 0 Å². The molecule has 3 rings (SSSR count). The number of ether oxygens (including phenoxy) is 1. The first-order valence-electron chi connectivity index (χ1n) is 11.4. The minimum Gasteiger partial charge on any atom is -0.378 e. The fourth-order valence-electron chi connectivity index (χ4n) is 6.34. The number of rotatable bonds is 8. The summed E-state index contributed by atoms with van der Waals surface area (Å²) in [6, 6.07) is 0. The highest BCUT2D eigenvalue weighted by Gasteiger charge is 2.44. The minimum absolute atomic E-state index is 0.597. The van der Waals surface area contributed by atoms with Gasteiger partial charge >= 0.3 is 0 Å². The van der Waals surface area contributed by atoms with Gasteiger partial charge in [-0.05, 0) is 81.0 Å². The van der Waals surface area contributed by atoms with Crippen LogP contribution in [0, 0.1) is 29.6 Å². The van der Waals surface area contributed by atoms with Crippen LogP contribution >= 0.6 is 0 Å². The summed E-state index contributed by atoms with van der Waals surface area (Å²) in [6.45, 7) is 5.60. The molecule has 3 aliphatic carbocycles. The quantitative estimate of drug-likeness (QED) is 0.434. The molecule has 0 aromatic carbocycles. The third-order valence-electron chi connectivity index (χ3n) is 7.67. The molecule has 1 nitrogen and oxygen atoms in total. The molecule has 0 amide bonds.